The Morgan fingerprint density at radius 2 is 2.29 bits per heavy atom. The summed E-state index contributed by atoms with van der Waals surface area (Å²) < 4.78 is 4.86. The van der Waals surface area contributed by atoms with E-state index in [0.717, 1.165) is 0 Å². The molecule has 0 amide bonds. The van der Waals surface area contributed by atoms with Crippen LogP contribution in [0, 0.1) is 0 Å². The fourth-order valence-corrected chi connectivity index (χ4v) is 1.14. The largest absolute Gasteiger partial charge is 0.504 e. The zero-order valence-electron chi connectivity index (χ0n) is 7.53. The van der Waals surface area contributed by atoms with Gasteiger partial charge in [-0.1, -0.05) is 6.07 Å². The minimum Gasteiger partial charge on any atom is -0.504 e. The molecule has 4 nitrogen and oxygen atoms in total. The molecule has 0 bridgehead atoms. The first-order valence-electron chi connectivity index (χ1n) is 3.88. The van der Waals surface area contributed by atoms with E-state index in [0.29, 0.717) is 5.56 Å². The Labute approximate surface area is 86.2 Å². The molecule has 76 valence electrons. The Balaban J connectivity index is 3.06. The molecule has 0 radical (unpaired) electrons. The van der Waals surface area contributed by atoms with Crippen LogP contribution < -0.4 is 10.5 Å². The van der Waals surface area contributed by atoms with E-state index < -0.39 is 11.3 Å². The maximum absolute atomic E-state index is 10.8. The van der Waals surface area contributed by atoms with Crippen LogP contribution in [0.1, 0.15) is 11.6 Å². The van der Waals surface area contributed by atoms with Crippen LogP contribution in [0.5, 0.6) is 11.5 Å². The number of nitrogens with two attached hydrogens (primary N) is 1. The van der Waals surface area contributed by atoms with Crippen molar-refractivity contribution in [3.63, 3.8) is 0 Å². The second kappa shape index (κ2) is 4.30. The summed E-state index contributed by atoms with van der Waals surface area (Å²) in [6, 6.07) is 3.49. The molecule has 0 aliphatic heterocycles. The molecule has 0 unspecified atom stereocenters. The predicted molar refractivity (Wildman–Crippen MR) is 52.4 cm³/mol. The minimum absolute atomic E-state index is 0.00882. The number of ether oxygens (including phenoxy) is 1. The van der Waals surface area contributed by atoms with Gasteiger partial charge in [-0.2, -0.15) is 0 Å². The zero-order chi connectivity index (χ0) is 10.7. The van der Waals surface area contributed by atoms with Crippen molar-refractivity contribution in [2.45, 2.75) is 6.04 Å². The highest BCUT2D eigenvalue weighted by atomic mass is 35.5. The quantitative estimate of drug-likeness (QED) is 0.743. The van der Waals surface area contributed by atoms with E-state index in [2.05, 4.69) is 0 Å². The first-order chi connectivity index (χ1) is 6.56. The second-order valence-corrected chi connectivity index (χ2v) is 3.09. The van der Waals surface area contributed by atoms with Gasteiger partial charge in [-0.3, -0.25) is 4.79 Å². The summed E-state index contributed by atoms with van der Waals surface area (Å²) in [6.07, 6.45) is 0. The average Bonchev–Trinajstić information content (AvgIpc) is 2.17. The first-order valence-corrected chi connectivity index (χ1v) is 4.26. The molecule has 1 aromatic rings. The number of hydrogen-bond donors (Lipinski definition) is 2. The van der Waals surface area contributed by atoms with Crippen LogP contribution >= 0.6 is 11.6 Å². The van der Waals surface area contributed by atoms with Gasteiger partial charge in [0, 0.05) is 0 Å². The highest BCUT2D eigenvalue weighted by Gasteiger charge is 2.14. The van der Waals surface area contributed by atoms with E-state index in [1.807, 2.05) is 0 Å². The smallest absolute Gasteiger partial charge is 0.242 e. The molecule has 3 N–H and O–H groups in total. The number of halogens is 1. The van der Waals surface area contributed by atoms with Gasteiger partial charge in [0.1, 0.15) is 6.04 Å². The van der Waals surface area contributed by atoms with E-state index in [1.54, 1.807) is 0 Å². The predicted octanol–water partition coefficient (Wildman–Crippen LogP) is 1.17. The van der Waals surface area contributed by atoms with Crippen LogP contribution in [0.4, 0.5) is 0 Å². The number of phenolic OH excluding ortho intramolecular Hbond substituents is 1. The van der Waals surface area contributed by atoms with Crippen molar-refractivity contribution in [1.82, 2.24) is 0 Å². The topological polar surface area (TPSA) is 72.5 Å². The van der Waals surface area contributed by atoms with Crippen molar-refractivity contribution in [1.29, 1.82) is 0 Å². The zero-order valence-corrected chi connectivity index (χ0v) is 8.28. The molecule has 0 heterocycles. The molecule has 1 aromatic carbocycles. The number of hydrogen-bond acceptors (Lipinski definition) is 4. The molecule has 14 heavy (non-hydrogen) atoms. The lowest BCUT2D eigenvalue weighted by Gasteiger charge is -2.09. The first kappa shape index (κ1) is 10.8. The standard InChI is InChI=1S/C9H10ClNO3/c1-14-7-4-5(2-3-6(7)12)8(11)9(10)13/h2-4,8,12H,11H2,1H3/t8-/m1/s1. The maximum atomic E-state index is 10.8. The molecule has 0 aromatic heterocycles. The van der Waals surface area contributed by atoms with Gasteiger partial charge in [-0.25, -0.2) is 0 Å². The van der Waals surface area contributed by atoms with Gasteiger partial charge in [0.2, 0.25) is 5.24 Å². The lowest BCUT2D eigenvalue weighted by Crippen LogP contribution is -2.16. The van der Waals surface area contributed by atoms with E-state index >= 15 is 0 Å². The molecule has 1 rings (SSSR count). The number of methoxy groups -OCH3 is 1. The maximum Gasteiger partial charge on any atom is 0.242 e. The number of carbonyl (C=O) groups excluding carboxylic acids is 1. The van der Waals surface area contributed by atoms with Crippen molar-refractivity contribution >= 4 is 16.8 Å². The second-order valence-electron chi connectivity index (χ2n) is 2.71. The van der Waals surface area contributed by atoms with E-state index in [9.17, 15) is 9.90 Å². The summed E-state index contributed by atoms with van der Waals surface area (Å²) in [4.78, 5) is 10.8. The molecule has 0 saturated heterocycles. The van der Waals surface area contributed by atoms with Crippen LogP contribution in [0.25, 0.3) is 0 Å². The summed E-state index contributed by atoms with van der Waals surface area (Å²) in [5.41, 5.74) is 5.99. The summed E-state index contributed by atoms with van der Waals surface area (Å²) >= 11 is 5.23. The molecule has 5 heteroatoms. The Hall–Kier alpha value is -1.26. The third kappa shape index (κ3) is 2.16. The molecule has 1 atom stereocenters. The number of aromatic hydroxyl groups is 1. The number of benzene rings is 1. The van der Waals surface area contributed by atoms with E-state index in [4.69, 9.17) is 22.1 Å². The molecule has 0 fully saturated rings. The lowest BCUT2D eigenvalue weighted by atomic mass is 10.1. The average molecular weight is 216 g/mol. The number of carbonyl (C=O) groups is 1. The third-order valence-corrected chi connectivity index (χ3v) is 2.04. The van der Waals surface area contributed by atoms with Crippen molar-refractivity contribution in [2.75, 3.05) is 7.11 Å². The monoisotopic (exact) mass is 215 g/mol. The van der Waals surface area contributed by atoms with Gasteiger partial charge >= 0.3 is 0 Å². The molecule has 0 aliphatic carbocycles. The Morgan fingerprint density at radius 1 is 1.64 bits per heavy atom. The fourth-order valence-electron chi connectivity index (χ4n) is 1.02. The SMILES string of the molecule is COc1cc([C@@H](N)C(=O)Cl)ccc1O. The highest BCUT2D eigenvalue weighted by molar-refractivity contribution is 6.64. The third-order valence-electron chi connectivity index (χ3n) is 1.81. The highest BCUT2D eigenvalue weighted by Crippen LogP contribution is 2.28. The Kier molecular flexibility index (Phi) is 3.33. The van der Waals surface area contributed by atoms with Crippen molar-refractivity contribution in [3.8, 4) is 11.5 Å². The summed E-state index contributed by atoms with van der Waals surface area (Å²) in [7, 11) is 1.41. The van der Waals surface area contributed by atoms with Crippen molar-refractivity contribution in [2.24, 2.45) is 5.73 Å². The van der Waals surface area contributed by atoms with Gasteiger partial charge in [0.25, 0.3) is 0 Å². The van der Waals surface area contributed by atoms with E-state index in [-0.39, 0.29) is 11.5 Å². The van der Waals surface area contributed by atoms with E-state index in [1.165, 1.54) is 25.3 Å². The van der Waals surface area contributed by atoms with Gasteiger partial charge in [0.05, 0.1) is 7.11 Å². The number of phenols is 1. The van der Waals surface area contributed by atoms with Crippen LogP contribution in [0.3, 0.4) is 0 Å². The van der Waals surface area contributed by atoms with Crippen molar-refractivity contribution < 1.29 is 14.6 Å². The molecule has 0 aliphatic rings. The van der Waals surface area contributed by atoms with Crippen molar-refractivity contribution in [3.05, 3.63) is 23.8 Å². The fraction of sp³-hybridized carbons (Fsp3) is 0.222. The minimum atomic E-state index is -0.897. The Bertz CT molecular complexity index is 354. The van der Waals surface area contributed by atoms with Gasteiger partial charge in [-0.05, 0) is 29.3 Å². The Morgan fingerprint density at radius 3 is 2.79 bits per heavy atom. The summed E-state index contributed by atoms with van der Waals surface area (Å²) in [5, 5.41) is 8.62. The van der Waals surface area contributed by atoms with Gasteiger partial charge < -0.3 is 15.6 Å². The van der Waals surface area contributed by atoms with Gasteiger partial charge in [-0.15, -0.1) is 0 Å². The summed E-state index contributed by atoms with van der Waals surface area (Å²) in [5.74, 6) is 0.251. The van der Waals surface area contributed by atoms with Crippen LogP contribution in [-0.2, 0) is 4.79 Å². The molecule has 0 saturated carbocycles. The van der Waals surface area contributed by atoms with Crippen LogP contribution in [0.15, 0.2) is 18.2 Å². The van der Waals surface area contributed by atoms with Crippen LogP contribution in [0.2, 0.25) is 0 Å². The lowest BCUT2D eigenvalue weighted by molar-refractivity contribution is -0.112. The number of rotatable bonds is 3. The molecular formula is C9H10ClNO3. The van der Waals surface area contributed by atoms with Gasteiger partial charge in [0.15, 0.2) is 11.5 Å². The summed E-state index contributed by atoms with van der Waals surface area (Å²) in [6.45, 7) is 0. The molecule has 0 spiro atoms. The van der Waals surface area contributed by atoms with Crippen LogP contribution in [-0.4, -0.2) is 17.5 Å². The molecular weight excluding hydrogens is 206 g/mol. The normalized spacial score (nSPS) is 12.2.